The SMILES string of the molecule is CCc1cc(=O)n2nc(N(C)[C@@H]3CCC[C@H]3c3ccc(C(F)(F)F)cc3)sc2n1. The summed E-state index contributed by atoms with van der Waals surface area (Å²) in [5.74, 6) is 0.116. The Morgan fingerprint density at radius 2 is 1.97 bits per heavy atom. The van der Waals surface area contributed by atoms with Gasteiger partial charge in [0, 0.05) is 30.8 Å². The average Bonchev–Trinajstić information content (AvgIpc) is 3.34. The van der Waals surface area contributed by atoms with Crippen molar-refractivity contribution in [3.63, 3.8) is 0 Å². The summed E-state index contributed by atoms with van der Waals surface area (Å²) in [6.45, 7) is 1.94. The first-order valence-corrected chi connectivity index (χ1v) is 10.4. The largest absolute Gasteiger partial charge is 0.416 e. The molecule has 0 amide bonds. The van der Waals surface area contributed by atoms with E-state index in [-0.39, 0.29) is 17.5 Å². The fourth-order valence-electron chi connectivity index (χ4n) is 4.02. The predicted octanol–water partition coefficient (Wildman–Crippen LogP) is 4.50. The van der Waals surface area contributed by atoms with Crippen molar-refractivity contribution in [2.24, 2.45) is 0 Å². The van der Waals surface area contributed by atoms with Crippen molar-refractivity contribution in [2.45, 2.75) is 50.7 Å². The van der Waals surface area contributed by atoms with Crippen molar-refractivity contribution in [1.82, 2.24) is 14.6 Å². The topological polar surface area (TPSA) is 50.5 Å². The lowest BCUT2D eigenvalue weighted by Crippen LogP contribution is -2.33. The number of hydrogen-bond acceptors (Lipinski definition) is 5. The van der Waals surface area contributed by atoms with Crippen LogP contribution in [0.5, 0.6) is 0 Å². The van der Waals surface area contributed by atoms with Gasteiger partial charge in [-0.25, -0.2) is 4.98 Å². The minimum Gasteiger partial charge on any atom is -0.346 e. The van der Waals surface area contributed by atoms with E-state index in [1.807, 2.05) is 18.9 Å². The van der Waals surface area contributed by atoms with Crippen molar-refractivity contribution in [3.05, 3.63) is 57.5 Å². The molecule has 29 heavy (non-hydrogen) atoms. The van der Waals surface area contributed by atoms with Crippen LogP contribution in [0.3, 0.4) is 0 Å². The standard InChI is InChI=1S/C20H21F3N4OS/c1-3-14-11-17(28)27-18(24-14)29-19(25-27)26(2)16-6-4-5-15(16)12-7-9-13(10-8-12)20(21,22)23/h7-11,15-16H,3-6H2,1-2H3/t15-,16+/m0/s1. The molecule has 0 spiro atoms. The molecule has 1 aromatic carbocycles. The second-order valence-electron chi connectivity index (χ2n) is 7.35. The third kappa shape index (κ3) is 3.75. The molecule has 0 N–H and O–H groups in total. The Morgan fingerprint density at radius 1 is 1.24 bits per heavy atom. The van der Waals surface area contributed by atoms with E-state index in [2.05, 4.69) is 10.1 Å². The van der Waals surface area contributed by atoms with E-state index in [4.69, 9.17) is 0 Å². The van der Waals surface area contributed by atoms with Gasteiger partial charge in [0.2, 0.25) is 10.1 Å². The lowest BCUT2D eigenvalue weighted by molar-refractivity contribution is -0.137. The highest BCUT2D eigenvalue weighted by molar-refractivity contribution is 7.20. The maximum absolute atomic E-state index is 12.9. The summed E-state index contributed by atoms with van der Waals surface area (Å²) in [7, 11) is 1.93. The van der Waals surface area contributed by atoms with E-state index >= 15 is 0 Å². The molecule has 1 saturated carbocycles. The van der Waals surface area contributed by atoms with Crippen LogP contribution >= 0.6 is 11.3 Å². The van der Waals surface area contributed by atoms with Crippen LogP contribution in [0, 0.1) is 0 Å². The Labute approximate surface area is 169 Å². The van der Waals surface area contributed by atoms with E-state index in [0.29, 0.717) is 16.5 Å². The van der Waals surface area contributed by atoms with Crippen molar-refractivity contribution in [1.29, 1.82) is 0 Å². The summed E-state index contributed by atoms with van der Waals surface area (Å²) in [5.41, 5.74) is 0.800. The minimum absolute atomic E-state index is 0.105. The molecule has 5 nitrogen and oxygen atoms in total. The Hall–Kier alpha value is -2.42. The number of aromatic nitrogens is 3. The Bertz CT molecular complexity index is 1070. The predicted molar refractivity (Wildman–Crippen MR) is 107 cm³/mol. The lowest BCUT2D eigenvalue weighted by Gasteiger charge is -2.29. The zero-order chi connectivity index (χ0) is 20.8. The first kappa shape index (κ1) is 19.9. The van der Waals surface area contributed by atoms with Gasteiger partial charge in [-0.1, -0.05) is 36.8 Å². The van der Waals surface area contributed by atoms with Crippen LogP contribution in [0.4, 0.5) is 18.3 Å². The quantitative estimate of drug-likeness (QED) is 0.621. The van der Waals surface area contributed by atoms with Gasteiger partial charge >= 0.3 is 6.18 Å². The van der Waals surface area contributed by atoms with Gasteiger partial charge in [-0.3, -0.25) is 4.79 Å². The first-order chi connectivity index (χ1) is 13.8. The molecule has 1 aliphatic rings. The van der Waals surface area contributed by atoms with Crippen LogP contribution in [0.15, 0.2) is 35.1 Å². The smallest absolute Gasteiger partial charge is 0.346 e. The van der Waals surface area contributed by atoms with Gasteiger partial charge in [0.15, 0.2) is 0 Å². The second-order valence-corrected chi connectivity index (χ2v) is 8.29. The zero-order valence-electron chi connectivity index (χ0n) is 16.1. The molecule has 3 aromatic rings. The van der Waals surface area contributed by atoms with Gasteiger partial charge in [-0.2, -0.15) is 17.7 Å². The third-order valence-corrected chi connectivity index (χ3v) is 6.59. The van der Waals surface area contributed by atoms with Crippen molar-refractivity contribution < 1.29 is 13.2 Å². The molecule has 2 atom stereocenters. The number of aryl methyl sites for hydroxylation is 1. The molecular formula is C20H21F3N4OS. The maximum Gasteiger partial charge on any atom is 0.416 e. The number of benzene rings is 1. The number of halogens is 3. The number of nitrogens with zero attached hydrogens (tertiary/aromatic N) is 4. The summed E-state index contributed by atoms with van der Waals surface area (Å²) in [5, 5.41) is 5.13. The highest BCUT2D eigenvalue weighted by Gasteiger charge is 2.35. The van der Waals surface area contributed by atoms with Crippen LogP contribution in [-0.2, 0) is 12.6 Å². The monoisotopic (exact) mass is 422 g/mol. The van der Waals surface area contributed by atoms with E-state index in [9.17, 15) is 18.0 Å². The summed E-state index contributed by atoms with van der Waals surface area (Å²) in [6, 6.07) is 7.07. The Balaban J connectivity index is 1.62. The van der Waals surface area contributed by atoms with Crippen molar-refractivity contribution >= 4 is 21.4 Å². The fraction of sp³-hybridized carbons (Fsp3) is 0.450. The summed E-state index contributed by atoms with van der Waals surface area (Å²) in [4.78, 5) is 19.3. The third-order valence-electron chi connectivity index (χ3n) is 5.59. The van der Waals surface area contributed by atoms with Crippen LogP contribution in [-0.4, -0.2) is 27.7 Å². The van der Waals surface area contributed by atoms with Gasteiger partial charge in [-0.15, -0.1) is 5.10 Å². The number of hydrogen-bond donors (Lipinski definition) is 0. The maximum atomic E-state index is 12.9. The molecule has 0 unspecified atom stereocenters. The summed E-state index contributed by atoms with van der Waals surface area (Å²) in [6.07, 6.45) is -0.843. The molecule has 2 heterocycles. The number of rotatable bonds is 4. The van der Waals surface area contributed by atoms with E-state index in [1.165, 1.54) is 21.9 Å². The molecule has 1 aliphatic carbocycles. The lowest BCUT2D eigenvalue weighted by atomic mass is 9.92. The van der Waals surface area contributed by atoms with Crippen molar-refractivity contribution in [3.8, 4) is 0 Å². The Kier molecular flexibility index (Phi) is 5.10. The van der Waals surface area contributed by atoms with Gasteiger partial charge in [0.05, 0.1) is 5.56 Å². The molecule has 0 bridgehead atoms. The van der Waals surface area contributed by atoms with Crippen LogP contribution in [0.1, 0.15) is 48.9 Å². The van der Waals surface area contributed by atoms with Crippen molar-refractivity contribution in [2.75, 3.05) is 11.9 Å². The first-order valence-electron chi connectivity index (χ1n) is 9.57. The van der Waals surface area contributed by atoms with Gasteiger partial charge in [0.25, 0.3) is 5.56 Å². The fourth-order valence-corrected chi connectivity index (χ4v) is 4.97. The zero-order valence-corrected chi connectivity index (χ0v) is 16.9. The minimum atomic E-state index is -4.33. The van der Waals surface area contributed by atoms with Gasteiger partial charge in [-0.05, 0) is 37.0 Å². The number of alkyl halides is 3. The van der Waals surface area contributed by atoms with Gasteiger partial charge in [0.1, 0.15) is 0 Å². The molecule has 1 fully saturated rings. The summed E-state index contributed by atoms with van der Waals surface area (Å²) >= 11 is 1.36. The molecule has 0 radical (unpaired) electrons. The van der Waals surface area contributed by atoms with E-state index in [1.54, 1.807) is 12.1 Å². The molecule has 9 heteroatoms. The second kappa shape index (κ2) is 7.44. The van der Waals surface area contributed by atoms with Crippen LogP contribution in [0.2, 0.25) is 0 Å². The molecule has 0 aliphatic heterocycles. The van der Waals surface area contributed by atoms with Gasteiger partial charge < -0.3 is 4.90 Å². The summed E-state index contributed by atoms with van der Waals surface area (Å²) < 4.78 is 39.9. The van der Waals surface area contributed by atoms with Crippen LogP contribution < -0.4 is 10.5 Å². The molecule has 4 rings (SSSR count). The number of fused-ring (bicyclic) bond motifs is 1. The van der Waals surface area contributed by atoms with E-state index in [0.717, 1.165) is 42.7 Å². The average molecular weight is 422 g/mol. The molecule has 0 saturated heterocycles. The highest BCUT2D eigenvalue weighted by atomic mass is 32.1. The number of likely N-dealkylation sites (N-methyl/N-ethyl adjacent to an activating group) is 1. The number of anilines is 1. The van der Waals surface area contributed by atoms with Crippen LogP contribution in [0.25, 0.3) is 4.96 Å². The molecule has 2 aromatic heterocycles. The highest BCUT2D eigenvalue weighted by Crippen LogP contribution is 2.40. The normalized spacial score (nSPS) is 19.8. The Morgan fingerprint density at radius 3 is 2.62 bits per heavy atom. The molecular weight excluding hydrogens is 401 g/mol. The molecule has 154 valence electrons. The van der Waals surface area contributed by atoms with E-state index < -0.39 is 11.7 Å².